The second kappa shape index (κ2) is 6.59. The van der Waals surface area contributed by atoms with Crippen LogP contribution in [0.1, 0.15) is 37.7 Å². The fraction of sp³-hybridized carbons (Fsp3) is 0.538. The Morgan fingerprint density at radius 1 is 1.22 bits per heavy atom. The molecule has 1 fully saturated rings. The Kier molecular flexibility index (Phi) is 5.09. The summed E-state index contributed by atoms with van der Waals surface area (Å²) < 4.78 is 13.3. The molecule has 1 aliphatic carbocycles. The highest BCUT2D eigenvalue weighted by Crippen LogP contribution is 2.30. The number of halogens is 1. The first kappa shape index (κ1) is 13.9. The molecule has 0 aromatic heterocycles. The molecule has 0 amide bonds. The third-order valence-corrected chi connectivity index (χ3v) is 4.82. The Morgan fingerprint density at radius 3 is 2.61 bits per heavy atom. The Hall–Kier alpha value is -0.515. The van der Waals surface area contributed by atoms with Crippen LogP contribution in [0.2, 0.25) is 0 Å². The lowest BCUT2D eigenvalue weighted by molar-refractivity contribution is 0.423. The van der Waals surface area contributed by atoms with Gasteiger partial charge in [0.25, 0.3) is 0 Å². The summed E-state index contributed by atoms with van der Waals surface area (Å²) >= 11 is 1.89. The number of thioether (sulfide) groups is 1. The summed E-state index contributed by atoms with van der Waals surface area (Å²) in [4.78, 5) is 0. The van der Waals surface area contributed by atoms with Gasteiger partial charge in [-0.25, -0.2) is 4.39 Å². The van der Waals surface area contributed by atoms with Gasteiger partial charge in [0.2, 0.25) is 0 Å². The molecule has 0 aliphatic heterocycles. The van der Waals surface area contributed by atoms with Gasteiger partial charge in [-0.1, -0.05) is 31.4 Å². The zero-order valence-corrected chi connectivity index (χ0v) is 11.1. The van der Waals surface area contributed by atoms with Gasteiger partial charge < -0.3 is 10.0 Å². The van der Waals surface area contributed by atoms with E-state index in [1.54, 1.807) is 12.1 Å². The van der Waals surface area contributed by atoms with E-state index in [9.17, 15) is 4.39 Å². The van der Waals surface area contributed by atoms with E-state index in [-0.39, 0.29) is 5.46 Å². The van der Waals surface area contributed by atoms with Crippen LogP contribution < -0.4 is 5.46 Å². The molecule has 2 nitrogen and oxygen atoms in total. The van der Waals surface area contributed by atoms with E-state index in [1.807, 2.05) is 11.8 Å². The third kappa shape index (κ3) is 3.74. The summed E-state index contributed by atoms with van der Waals surface area (Å²) in [5.74, 6) is 0.251. The van der Waals surface area contributed by atoms with Crippen molar-refractivity contribution < 1.29 is 14.4 Å². The van der Waals surface area contributed by atoms with E-state index in [1.165, 1.54) is 38.2 Å². The largest absolute Gasteiger partial charge is 0.491 e. The third-order valence-electron chi connectivity index (χ3n) is 3.38. The van der Waals surface area contributed by atoms with Crippen molar-refractivity contribution in [2.45, 2.75) is 43.1 Å². The monoisotopic (exact) mass is 268 g/mol. The molecule has 0 unspecified atom stereocenters. The summed E-state index contributed by atoms with van der Waals surface area (Å²) in [7, 11) is -1.73. The van der Waals surface area contributed by atoms with Crippen molar-refractivity contribution in [1.82, 2.24) is 0 Å². The number of benzene rings is 1. The molecule has 0 atom stereocenters. The zero-order chi connectivity index (χ0) is 13.0. The molecule has 0 bridgehead atoms. The number of rotatable bonds is 4. The molecule has 5 heteroatoms. The van der Waals surface area contributed by atoms with Gasteiger partial charge in [0.15, 0.2) is 0 Å². The summed E-state index contributed by atoms with van der Waals surface area (Å²) in [6, 6.07) is 4.58. The maximum absolute atomic E-state index is 13.3. The van der Waals surface area contributed by atoms with E-state index in [0.29, 0.717) is 5.25 Å². The molecule has 1 saturated carbocycles. The predicted octanol–water partition coefficient (Wildman–Crippen LogP) is 2.07. The van der Waals surface area contributed by atoms with E-state index in [2.05, 4.69) is 0 Å². The zero-order valence-electron chi connectivity index (χ0n) is 10.3. The lowest BCUT2D eigenvalue weighted by Gasteiger charge is -2.21. The lowest BCUT2D eigenvalue weighted by atomic mass is 9.79. The normalized spacial score (nSPS) is 16.8. The molecule has 0 spiro atoms. The van der Waals surface area contributed by atoms with E-state index in [4.69, 9.17) is 10.0 Å². The molecular weight excluding hydrogens is 250 g/mol. The first-order valence-corrected chi connectivity index (χ1v) is 7.48. The quantitative estimate of drug-likeness (QED) is 0.821. The highest BCUT2D eigenvalue weighted by Gasteiger charge is 2.18. The fourth-order valence-electron chi connectivity index (χ4n) is 2.33. The molecule has 1 aromatic rings. The highest BCUT2D eigenvalue weighted by molar-refractivity contribution is 7.99. The van der Waals surface area contributed by atoms with Crippen LogP contribution in [0, 0.1) is 5.82 Å². The maximum atomic E-state index is 13.3. The van der Waals surface area contributed by atoms with Crippen LogP contribution in [0.25, 0.3) is 0 Å². The Morgan fingerprint density at radius 2 is 1.94 bits per heavy atom. The van der Waals surface area contributed by atoms with Crippen LogP contribution in [-0.4, -0.2) is 22.4 Å². The number of hydrogen-bond donors (Lipinski definition) is 2. The molecule has 2 rings (SSSR count). The van der Waals surface area contributed by atoms with Gasteiger partial charge in [0, 0.05) is 16.5 Å². The molecule has 1 aromatic carbocycles. The van der Waals surface area contributed by atoms with Crippen LogP contribution in [0.5, 0.6) is 0 Å². The van der Waals surface area contributed by atoms with Crippen molar-refractivity contribution in [2.75, 3.05) is 0 Å². The topological polar surface area (TPSA) is 40.5 Å². The summed E-state index contributed by atoms with van der Waals surface area (Å²) in [6.45, 7) is 0. The maximum Gasteiger partial charge on any atom is 0.491 e. The van der Waals surface area contributed by atoms with E-state index >= 15 is 0 Å². The fourth-order valence-corrected chi connectivity index (χ4v) is 3.60. The average Bonchev–Trinajstić information content (AvgIpc) is 2.38. The molecule has 2 N–H and O–H groups in total. The minimum absolute atomic E-state index is 0.0308. The van der Waals surface area contributed by atoms with Gasteiger partial charge in [-0.2, -0.15) is 11.8 Å². The van der Waals surface area contributed by atoms with Crippen molar-refractivity contribution in [2.24, 2.45) is 0 Å². The van der Waals surface area contributed by atoms with Crippen LogP contribution in [0.4, 0.5) is 4.39 Å². The van der Waals surface area contributed by atoms with Crippen molar-refractivity contribution in [3.8, 4) is 0 Å². The first-order chi connectivity index (χ1) is 8.66. The SMILES string of the molecule is OB(O)c1cc(CSC2CCCCC2)ccc1F. The summed E-state index contributed by atoms with van der Waals surface area (Å²) in [6.07, 6.45) is 6.49. The van der Waals surface area contributed by atoms with E-state index < -0.39 is 12.9 Å². The Bertz CT molecular complexity index is 395. The van der Waals surface area contributed by atoms with Crippen LogP contribution in [0.3, 0.4) is 0 Å². The molecule has 0 heterocycles. The lowest BCUT2D eigenvalue weighted by Crippen LogP contribution is -2.33. The first-order valence-electron chi connectivity index (χ1n) is 6.43. The molecular formula is C13H18BFO2S. The molecule has 1 aliphatic rings. The van der Waals surface area contributed by atoms with Gasteiger partial charge in [0.05, 0.1) is 0 Å². The Labute approximate surface area is 112 Å². The van der Waals surface area contributed by atoms with Gasteiger partial charge in [-0.05, 0) is 24.5 Å². The second-order valence-corrected chi connectivity index (χ2v) is 6.09. The summed E-state index contributed by atoms with van der Waals surface area (Å²) in [5, 5.41) is 18.8. The minimum atomic E-state index is -1.73. The van der Waals surface area contributed by atoms with Gasteiger partial charge >= 0.3 is 7.12 Å². The van der Waals surface area contributed by atoms with Crippen molar-refractivity contribution in [3.05, 3.63) is 29.6 Å². The Balaban J connectivity index is 1.94. The van der Waals surface area contributed by atoms with Gasteiger partial charge in [-0.3, -0.25) is 0 Å². The van der Waals surface area contributed by atoms with Crippen LogP contribution >= 0.6 is 11.8 Å². The van der Waals surface area contributed by atoms with Crippen LogP contribution in [0.15, 0.2) is 18.2 Å². The smallest absolute Gasteiger partial charge is 0.423 e. The molecule has 98 valence electrons. The summed E-state index contributed by atoms with van der Waals surface area (Å²) in [5.41, 5.74) is 0.923. The molecule has 18 heavy (non-hydrogen) atoms. The van der Waals surface area contributed by atoms with Crippen molar-refractivity contribution in [1.29, 1.82) is 0 Å². The standard InChI is InChI=1S/C13H18BFO2S/c15-13-7-6-10(8-12(13)14(16)17)9-18-11-4-2-1-3-5-11/h6-8,11,16-17H,1-5,9H2. The van der Waals surface area contributed by atoms with Gasteiger partial charge in [0.1, 0.15) is 5.82 Å². The van der Waals surface area contributed by atoms with Crippen molar-refractivity contribution in [3.63, 3.8) is 0 Å². The molecule has 0 radical (unpaired) electrons. The minimum Gasteiger partial charge on any atom is -0.423 e. The van der Waals surface area contributed by atoms with Gasteiger partial charge in [-0.15, -0.1) is 0 Å². The second-order valence-electron chi connectivity index (χ2n) is 4.80. The number of hydrogen-bond acceptors (Lipinski definition) is 3. The van der Waals surface area contributed by atoms with Crippen LogP contribution in [-0.2, 0) is 5.75 Å². The average molecular weight is 268 g/mol. The van der Waals surface area contributed by atoms with Crippen molar-refractivity contribution >= 4 is 24.3 Å². The van der Waals surface area contributed by atoms with E-state index in [0.717, 1.165) is 11.3 Å². The predicted molar refractivity (Wildman–Crippen MR) is 74.4 cm³/mol. The molecule has 0 saturated heterocycles. The highest BCUT2D eigenvalue weighted by atomic mass is 32.2.